The normalized spacial score (nSPS) is 18.6. The Kier molecular flexibility index (Phi) is 15.6. The minimum atomic E-state index is -0.799. The van der Waals surface area contributed by atoms with Crippen LogP contribution in [-0.2, 0) is 34.0 Å². The van der Waals surface area contributed by atoms with E-state index in [1.165, 1.54) is 32.1 Å². The summed E-state index contributed by atoms with van der Waals surface area (Å²) in [5.74, 6) is 0.993. The van der Waals surface area contributed by atoms with Gasteiger partial charge in [-0.25, -0.2) is 4.98 Å². The number of carbonyl (C=O) groups excluding carboxylic acids is 2. The molecule has 2 saturated carbocycles. The molecular weight excluding hydrogens is 644 g/mol. The summed E-state index contributed by atoms with van der Waals surface area (Å²) < 4.78 is 7.22. The summed E-state index contributed by atoms with van der Waals surface area (Å²) in [6.45, 7) is 6.53. The highest BCUT2D eigenvalue weighted by Crippen LogP contribution is 2.28. The predicted octanol–water partition coefficient (Wildman–Crippen LogP) is 4.67. The fourth-order valence-corrected chi connectivity index (χ4v) is 6.96. The van der Waals surface area contributed by atoms with Gasteiger partial charge in [-0.3, -0.25) is 14.3 Å². The summed E-state index contributed by atoms with van der Waals surface area (Å²) >= 11 is 0. The summed E-state index contributed by atoms with van der Waals surface area (Å²) in [5, 5.41) is 22.7. The van der Waals surface area contributed by atoms with Crippen molar-refractivity contribution in [3.8, 4) is 0 Å². The van der Waals surface area contributed by atoms with E-state index in [9.17, 15) is 9.59 Å². The molecule has 2 aromatic heterocycles. The van der Waals surface area contributed by atoms with Crippen molar-refractivity contribution in [2.24, 2.45) is 11.7 Å². The number of ether oxygens (including phenoxy) is 1. The number of hydrogen-bond donors (Lipinski definition) is 5. The van der Waals surface area contributed by atoms with Crippen molar-refractivity contribution in [2.75, 3.05) is 30.3 Å². The molecule has 3 aromatic rings. The minimum absolute atomic E-state index is 0.0112. The van der Waals surface area contributed by atoms with E-state index in [4.69, 9.17) is 15.5 Å². The Morgan fingerprint density at radius 3 is 2.55 bits per heavy atom. The third-order valence-electron chi connectivity index (χ3n) is 9.94. The van der Waals surface area contributed by atoms with Crippen LogP contribution in [0.25, 0.3) is 0 Å². The van der Waals surface area contributed by atoms with Gasteiger partial charge in [0.2, 0.25) is 5.95 Å². The van der Waals surface area contributed by atoms with Crippen LogP contribution in [0.3, 0.4) is 0 Å². The van der Waals surface area contributed by atoms with Crippen LogP contribution in [0.15, 0.2) is 42.6 Å². The lowest BCUT2D eigenvalue weighted by Gasteiger charge is -2.29. The maximum Gasteiger partial charge on any atom is 0.323 e. The first kappa shape index (κ1) is 38.3. The van der Waals surface area contributed by atoms with E-state index in [1.807, 2.05) is 54.2 Å². The predicted molar refractivity (Wildman–Crippen MR) is 199 cm³/mol. The largest absolute Gasteiger partial charge is 0.460 e. The van der Waals surface area contributed by atoms with Crippen LogP contribution in [0.2, 0.25) is 0 Å². The number of carbonyl (C=O) groups is 2. The average Bonchev–Trinajstić information content (AvgIpc) is 3.61. The number of esters is 1. The first-order valence-electron chi connectivity index (χ1n) is 19.1. The molecular formula is C38H58N10O3. The van der Waals surface area contributed by atoms with Crippen LogP contribution >= 0.6 is 0 Å². The number of nitrogens with zero attached hydrogens (tertiary/aromatic N) is 5. The zero-order chi connectivity index (χ0) is 35.7. The molecule has 13 nitrogen and oxygen atoms in total. The lowest BCUT2D eigenvalue weighted by atomic mass is 9.82. The van der Waals surface area contributed by atoms with Gasteiger partial charge in [0.15, 0.2) is 0 Å². The van der Waals surface area contributed by atoms with Gasteiger partial charge in [-0.1, -0.05) is 54.8 Å². The maximum absolute atomic E-state index is 12.9. The molecule has 0 amide bonds. The second-order valence-electron chi connectivity index (χ2n) is 14.2. The van der Waals surface area contributed by atoms with Gasteiger partial charge in [0.25, 0.3) is 0 Å². The number of hydrogen-bond acceptors (Lipinski definition) is 12. The van der Waals surface area contributed by atoms with Gasteiger partial charge >= 0.3 is 5.97 Å². The fraction of sp³-hybridized carbons (Fsp3) is 0.632. The maximum atomic E-state index is 12.9. The highest BCUT2D eigenvalue weighted by Gasteiger charge is 2.27. The van der Waals surface area contributed by atoms with Crippen molar-refractivity contribution in [3.63, 3.8) is 0 Å². The van der Waals surface area contributed by atoms with E-state index in [0.29, 0.717) is 18.9 Å². The van der Waals surface area contributed by atoms with E-state index >= 15 is 0 Å². The van der Waals surface area contributed by atoms with Crippen molar-refractivity contribution in [1.29, 1.82) is 0 Å². The Balaban J connectivity index is 0.938. The molecule has 2 heterocycles. The number of benzene rings is 1. The van der Waals surface area contributed by atoms with Gasteiger partial charge in [0, 0.05) is 42.7 Å². The summed E-state index contributed by atoms with van der Waals surface area (Å²) in [4.78, 5) is 34.5. The second-order valence-corrected chi connectivity index (χ2v) is 14.2. The highest BCUT2D eigenvalue weighted by atomic mass is 16.5. The molecule has 0 bridgehead atoms. The molecule has 2 aliphatic carbocycles. The Hall–Kier alpha value is -3.94. The molecule has 1 aromatic carbocycles. The third-order valence-corrected chi connectivity index (χ3v) is 9.94. The Morgan fingerprint density at radius 2 is 1.75 bits per heavy atom. The van der Waals surface area contributed by atoms with Gasteiger partial charge in [-0.15, -0.1) is 5.10 Å². The summed E-state index contributed by atoms with van der Waals surface area (Å²) in [6.07, 6.45) is 14.9. The van der Waals surface area contributed by atoms with Gasteiger partial charge < -0.3 is 31.7 Å². The molecule has 2 fully saturated rings. The molecule has 0 spiro atoms. The first-order chi connectivity index (χ1) is 24.9. The van der Waals surface area contributed by atoms with E-state index in [0.717, 1.165) is 93.5 Å². The third kappa shape index (κ3) is 13.6. The molecule has 0 radical (unpaired) electrons. The van der Waals surface area contributed by atoms with Gasteiger partial charge in [-0.05, 0) is 89.9 Å². The van der Waals surface area contributed by atoms with Crippen molar-refractivity contribution in [2.45, 2.75) is 128 Å². The van der Waals surface area contributed by atoms with E-state index in [2.05, 4.69) is 36.6 Å². The lowest BCUT2D eigenvalue weighted by Crippen LogP contribution is -2.34. The van der Waals surface area contributed by atoms with Crippen LogP contribution in [0.5, 0.6) is 0 Å². The van der Waals surface area contributed by atoms with Crippen molar-refractivity contribution in [3.05, 3.63) is 59.5 Å². The number of ketones is 1. The summed E-state index contributed by atoms with van der Waals surface area (Å²) in [5.41, 5.74) is 8.64. The number of Topliss-reactive ketones (excluding diaryl/α,β-unsaturated/α-hetero) is 1. The van der Waals surface area contributed by atoms with E-state index < -0.39 is 12.0 Å². The first-order valence-corrected chi connectivity index (χ1v) is 19.1. The highest BCUT2D eigenvalue weighted by molar-refractivity contribution is 5.82. The van der Waals surface area contributed by atoms with Crippen LogP contribution < -0.4 is 27.0 Å². The summed E-state index contributed by atoms with van der Waals surface area (Å²) in [6, 6.07) is 11.6. The smallest absolute Gasteiger partial charge is 0.323 e. The molecule has 0 saturated heterocycles. The number of nitrogens with one attached hydrogen (secondary N) is 4. The van der Waals surface area contributed by atoms with Crippen LogP contribution in [-0.4, -0.2) is 74.5 Å². The van der Waals surface area contributed by atoms with Crippen LogP contribution in [0.4, 0.5) is 11.8 Å². The molecule has 51 heavy (non-hydrogen) atoms. The molecule has 0 unspecified atom stereocenters. The SMILES string of the molecule is Cc1cc(NC2CCC(C(=O)CC[C@H](N)C(=O)OCc3ccccc3)CC2)nc(NCc2cn(CCCNCCCNC3CCCCC3)nn2)n1. The molecule has 13 heteroatoms. The van der Waals surface area contributed by atoms with Crippen LogP contribution in [0, 0.1) is 12.8 Å². The lowest BCUT2D eigenvalue weighted by molar-refractivity contribution is -0.146. The van der Waals surface area contributed by atoms with Crippen LogP contribution in [0.1, 0.15) is 100 Å². The molecule has 278 valence electrons. The number of nitrogens with two attached hydrogens (primary N) is 1. The Labute approximate surface area is 302 Å². The topological polar surface area (TPSA) is 174 Å². The Morgan fingerprint density at radius 1 is 0.961 bits per heavy atom. The fourth-order valence-electron chi connectivity index (χ4n) is 6.96. The molecule has 0 aliphatic heterocycles. The monoisotopic (exact) mass is 702 g/mol. The standard InChI is InChI=1S/C38H58N10O3/c1-28-24-36(44-32-16-14-30(15-17-32)35(49)19-18-34(39)37(50)51-27-29-10-4-2-5-11-29)45-38(43-28)42-25-33-26-48(47-46-33)23-9-21-40-20-8-22-41-31-12-6-3-7-13-31/h2,4-5,10-11,24,26,30-32,34,40-41H,3,6-9,12-23,25,27,39H2,1H3,(H2,42,43,44,45)/t30?,32?,34-/m0/s1. The van der Waals surface area contributed by atoms with Crippen molar-refractivity contribution < 1.29 is 14.3 Å². The summed E-state index contributed by atoms with van der Waals surface area (Å²) in [7, 11) is 0. The van der Waals surface area contributed by atoms with Crippen molar-refractivity contribution in [1.82, 2.24) is 35.6 Å². The zero-order valence-corrected chi connectivity index (χ0v) is 30.3. The quantitative estimate of drug-likeness (QED) is 0.0768. The zero-order valence-electron chi connectivity index (χ0n) is 30.3. The Bertz CT molecular complexity index is 1470. The molecule has 6 N–H and O–H groups in total. The average molecular weight is 703 g/mol. The number of rotatable bonds is 21. The van der Waals surface area contributed by atoms with Crippen molar-refractivity contribution >= 4 is 23.5 Å². The molecule has 5 rings (SSSR count). The van der Waals surface area contributed by atoms with E-state index in [1.54, 1.807) is 0 Å². The van der Waals surface area contributed by atoms with E-state index in [-0.39, 0.29) is 30.8 Å². The molecule has 2 aliphatic rings. The minimum Gasteiger partial charge on any atom is -0.460 e. The number of aromatic nitrogens is 5. The second kappa shape index (κ2) is 20.8. The molecule has 1 atom stereocenters. The van der Waals surface area contributed by atoms with Gasteiger partial charge in [0.05, 0.1) is 12.7 Å². The number of aryl methyl sites for hydroxylation is 2. The van der Waals surface area contributed by atoms with Gasteiger partial charge in [-0.2, -0.15) is 4.98 Å². The number of anilines is 2. The van der Waals surface area contributed by atoms with Gasteiger partial charge in [0.1, 0.15) is 29.9 Å².